The summed E-state index contributed by atoms with van der Waals surface area (Å²) in [5.74, 6) is 1.21. The van der Waals surface area contributed by atoms with E-state index in [2.05, 4.69) is 5.32 Å². The molecule has 2 aromatic rings. The van der Waals surface area contributed by atoms with E-state index in [-0.39, 0.29) is 19.1 Å². The third kappa shape index (κ3) is 3.54. The molecule has 6 nitrogen and oxygen atoms in total. The zero-order valence-electron chi connectivity index (χ0n) is 16.7. The van der Waals surface area contributed by atoms with Gasteiger partial charge >= 0.3 is 6.03 Å². The van der Waals surface area contributed by atoms with Gasteiger partial charge in [0.2, 0.25) is 0 Å². The SMILES string of the molecule is CCC1(c2ccc(OC)c(C)c2)NC(=O)N(CCOc2cccc(C)c2)C1=O. The van der Waals surface area contributed by atoms with E-state index >= 15 is 0 Å². The summed E-state index contributed by atoms with van der Waals surface area (Å²) in [6.45, 7) is 6.22. The largest absolute Gasteiger partial charge is 0.496 e. The quantitative estimate of drug-likeness (QED) is 0.744. The van der Waals surface area contributed by atoms with Crippen LogP contribution in [0.25, 0.3) is 0 Å². The van der Waals surface area contributed by atoms with Gasteiger partial charge in [0.25, 0.3) is 5.91 Å². The fourth-order valence-electron chi connectivity index (χ4n) is 3.57. The number of nitrogens with zero attached hydrogens (tertiary/aromatic N) is 1. The normalized spacial score (nSPS) is 18.9. The molecule has 1 aliphatic rings. The van der Waals surface area contributed by atoms with Crippen LogP contribution in [0.4, 0.5) is 4.79 Å². The van der Waals surface area contributed by atoms with E-state index in [1.54, 1.807) is 7.11 Å². The number of carbonyl (C=O) groups excluding carboxylic acids is 2. The third-order valence-corrected chi connectivity index (χ3v) is 5.17. The second-order valence-corrected chi connectivity index (χ2v) is 7.00. The van der Waals surface area contributed by atoms with Crippen LogP contribution in [0.2, 0.25) is 0 Å². The van der Waals surface area contributed by atoms with Crippen molar-refractivity contribution in [2.75, 3.05) is 20.3 Å². The smallest absolute Gasteiger partial charge is 0.325 e. The lowest BCUT2D eigenvalue weighted by Crippen LogP contribution is -2.43. The number of aryl methyl sites for hydroxylation is 2. The van der Waals surface area contributed by atoms with Gasteiger partial charge in [0.15, 0.2) is 0 Å². The molecule has 1 fully saturated rings. The van der Waals surface area contributed by atoms with Crippen molar-refractivity contribution in [3.63, 3.8) is 0 Å². The van der Waals surface area contributed by atoms with E-state index < -0.39 is 11.6 Å². The molecule has 6 heteroatoms. The highest BCUT2D eigenvalue weighted by Gasteiger charge is 2.51. The molecular formula is C22H26N2O4. The number of hydrogen-bond donors (Lipinski definition) is 1. The maximum absolute atomic E-state index is 13.2. The number of hydrogen-bond acceptors (Lipinski definition) is 4. The maximum Gasteiger partial charge on any atom is 0.325 e. The molecule has 1 N–H and O–H groups in total. The summed E-state index contributed by atoms with van der Waals surface area (Å²) < 4.78 is 11.0. The van der Waals surface area contributed by atoms with Gasteiger partial charge in [0.1, 0.15) is 23.6 Å². The molecule has 0 bridgehead atoms. The van der Waals surface area contributed by atoms with Crippen molar-refractivity contribution < 1.29 is 19.1 Å². The van der Waals surface area contributed by atoms with Gasteiger partial charge in [-0.05, 0) is 61.2 Å². The Kier molecular flexibility index (Phi) is 5.58. The van der Waals surface area contributed by atoms with E-state index in [0.717, 1.165) is 28.2 Å². The van der Waals surface area contributed by atoms with Gasteiger partial charge in [-0.25, -0.2) is 4.79 Å². The minimum atomic E-state index is -1.06. The lowest BCUT2D eigenvalue weighted by molar-refractivity contribution is -0.132. The minimum absolute atomic E-state index is 0.190. The lowest BCUT2D eigenvalue weighted by Gasteiger charge is -2.26. The Labute approximate surface area is 165 Å². The first-order chi connectivity index (χ1) is 13.4. The molecule has 1 atom stereocenters. The van der Waals surface area contributed by atoms with Crippen LogP contribution in [0.3, 0.4) is 0 Å². The van der Waals surface area contributed by atoms with E-state index in [1.807, 2.05) is 63.2 Å². The monoisotopic (exact) mass is 382 g/mol. The van der Waals surface area contributed by atoms with Crippen LogP contribution in [0, 0.1) is 13.8 Å². The van der Waals surface area contributed by atoms with Crippen molar-refractivity contribution in [3.8, 4) is 11.5 Å². The summed E-state index contributed by atoms with van der Waals surface area (Å²) in [6, 6.07) is 12.8. The molecule has 2 aromatic carbocycles. The average molecular weight is 382 g/mol. The van der Waals surface area contributed by atoms with E-state index in [1.165, 1.54) is 4.90 Å². The molecule has 3 amide bonds. The Balaban J connectivity index is 1.76. The molecular weight excluding hydrogens is 356 g/mol. The molecule has 1 aliphatic heterocycles. The van der Waals surface area contributed by atoms with Crippen molar-refractivity contribution in [1.82, 2.24) is 10.2 Å². The minimum Gasteiger partial charge on any atom is -0.496 e. The highest BCUT2D eigenvalue weighted by Crippen LogP contribution is 2.34. The molecule has 3 rings (SSSR count). The molecule has 0 aliphatic carbocycles. The number of imide groups is 1. The van der Waals surface area contributed by atoms with Crippen molar-refractivity contribution in [1.29, 1.82) is 0 Å². The van der Waals surface area contributed by atoms with Gasteiger partial charge in [-0.2, -0.15) is 0 Å². The molecule has 0 radical (unpaired) electrons. The van der Waals surface area contributed by atoms with Crippen LogP contribution >= 0.6 is 0 Å². The molecule has 148 valence electrons. The van der Waals surface area contributed by atoms with Gasteiger partial charge in [-0.1, -0.05) is 25.1 Å². The van der Waals surface area contributed by atoms with Crippen molar-refractivity contribution in [2.45, 2.75) is 32.7 Å². The molecule has 1 unspecified atom stereocenters. The Hall–Kier alpha value is -3.02. The summed E-state index contributed by atoms with van der Waals surface area (Å²) in [4.78, 5) is 27.0. The number of nitrogens with one attached hydrogen (secondary N) is 1. The number of ether oxygens (including phenoxy) is 2. The fourth-order valence-corrected chi connectivity index (χ4v) is 3.57. The Morgan fingerprint density at radius 1 is 1.11 bits per heavy atom. The van der Waals surface area contributed by atoms with Gasteiger partial charge in [0.05, 0.1) is 13.7 Å². The number of urea groups is 1. The molecule has 1 saturated heterocycles. The van der Waals surface area contributed by atoms with Crippen LogP contribution in [0.5, 0.6) is 11.5 Å². The summed E-state index contributed by atoms with van der Waals surface area (Å²) in [6.07, 6.45) is 0.457. The van der Waals surface area contributed by atoms with Crippen LogP contribution < -0.4 is 14.8 Å². The third-order valence-electron chi connectivity index (χ3n) is 5.17. The first-order valence-electron chi connectivity index (χ1n) is 9.40. The van der Waals surface area contributed by atoms with Crippen molar-refractivity contribution >= 4 is 11.9 Å². The second-order valence-electron chi connectivity index (χ2n) is 7.00. The van der Waals surface area contributed by atoms with E-state index in [9.17, 15) is 9.59 Å². The van der Waals surface area contributed by atoms with E-state index in [4.69, 9.17) is 9.47 Å². The number of carbonyl (C=O) groups is 2. The molecule has 0 spiro atoms. The predicted octanol–water partition coefficient (Wildman–Crippen LogP) is 3.55. The highest BCUT2D eigenvalue weighted by atomic mass is 16.5. The number of methoxy groups -OCH3 is 1. The summed E-state index contributed by atoms with van der Waals surface area (Å²) in [5, 5.41) is 2.90. The molecule has 0 aromatic heterocycles. The Morgan fingerprint density at radius 3 is 2.54 bits per heavy atom. The first-order valence-corrected chi connectivity index (χ1v) is 9.40. The average Bonchev–Trinajstić information content (AvgIpc) is 2.93. The zero-order chi connectivity index (χ0) is 20.3. The first kappa shape index (κ1) is 19.7. The van der Waals surface area contributed by atoms with Gasteiger partial charge < -0.3 is 14.8 Å². The maximum atomic E-state index is 13.2. The van der Waals surface area contributed by atoms with E-state index in [0.29, 0.717) is 6.42 Å². The Morgan fingerprint density at radius 2 is 1.89 bits per heavy atom. The second kappa shape index (κ2) is 7.92. The standard InChI is InChI=1S/C22H26N2O4/c1-5-22(17-9-10-19(27-4)16(3)14-17)20(25)24(21(26)23-22)11-12-28-18-8-6-7-15(2)13-18/h6-10,13-14H,5,11-12H2,1-4H3,(H,23,26). The number of benzene rings is 2. The molecule has 28 heavy (non-hydrogen) atoms. The number of rotatable bonds is 7. The topological polar surface area (TPSA) is 67.9 Å². The predicted molar refractivity (Wildman–Crippen MR) is 107 cm³/mol. The van der Waals surface area contributed by atoms with Crippen LogP contribution in [0.15, 0.2) is 42.5 Å². The van der Waals surface area contributed by atoms with Crippen molar-refractivity contribution in [2.24, 2.45) is 0 Å². The van der Waals surface area contributed by atoms with Gasteiger partial charge in [-0.3, -0.25) is 9.69 Å². The Bertz CT molecular complexity index is 896. The fraction of sp³-hybridized carbons (Fsp3) is 0.364. The van der Waals surface area contributed by atoms with Gasteiger partial charge in [0, 0.05) is 0 Å². The summed E-state index contributed by atoms with van der Waals surface area (Å²) in [5.41, 5.74) is 1.70. The van der Waals surface area contributed by atoms with Crippen LogP contribution in [-0.4, -0.2) is 37.1 Å². The number of amides is 3. The summed E-state index contributed by atoms with van der Waals surface area (Å²) in [7, 11) is 1.61. The van der Waals surface area contributed by atoms with Crippen LogP contribution in [0.1, 0.15) is 30.0 Å². The molecule has 1 heterocycles. The highest BCUT2D eigenvalue weighted by molar-refractivity contribution is 6.07. The van der Waals surface area contributed by atoms with Crippen molar-refractivity contribution in [3.05, 3.63) is 59.2 Å². The molecule has 0 saturated carbocycles. The zero-order valence-corrected chi connectivity index (χ0v) is 16.7. The lowest BCUT2D eigenvalue weighted by atomic mass is 9.86. The summed E-state index contributed by atoms with van der Waals surface area (Å²) >= 11 is 0. The van der Waals surface area contributed by atoms with Crippen LogP contribution in [-0.2, 0) is 10.3 Å². The van der Waals surface area contributed by atoms with Gasteiger partial charge in [-0.15, -0.1) is 0 Å².